The smallest absolute Gasteiger partial charge is 0.118 e. The van der Waals surface area contributed by atoms with Gasteiger partial charge in [-0.15, -0.1) is 11.8 Å². The van der Waals surface area contributed by atoms with E-state index in [-0.39, 0.29) is 6.04 Å². The molecule has 1 rings (SSSR count). The van der Waals surface area contributed by atoms with Crippen LogP contribution in [-0.4, -0.2) is 18.4 Å². The standard InChI is InChI=1S/C15H25NOS/c1-5-11(3)18-15(14(16)6-2)12-7-9-13(17-4)10-8-12/h7-11,14-15H,5-6,16H2,1-4H3. The number of hydrogen-bond acceptors (Lipinski definition) is 3. The molecule has 0 aliphatic carbocycles. The topological polar surface area (TPSA) is 35.2 Å². The molecule has 0 heterocycles. The molecular weight excluding hydrogens is 242 g/mol. The Hall–Kier alpha value is -0.670. The Kier molecular flexibility index (Phi) is 6.58. The molecule has 3 heteroatoms. The lowest BCUT2D eigenvalue weighted by molar-refractivity contribution is 0.414. The minimum absolute atomic E-state index is 0.206. The van der Waals surface area contributed by atoms with Crippen molar-refractivity contribution >= 4 is 11.8 Å². The third kappa shape index (κ3) is 4.21. The highest BCUT2D eigenvalue weighted by Crippen LogP contribution is 2.37. The molecule has 3 unspecified atom stereocenters. The maximum Gasteiger partial charge on any atom is 0.118 e. The molecule has 2 N–H and O–H groups in total. The second-order valence-electron chi connectivity index (χ2n) is 4.62. The van der Waals surface area contributed by atoms with Crippen LogP contribution in [0.15, 0.2) is 24.3 Å². The number of benzene rings is 1. The number of thioether (sulfide) groups is 1. The van der Waals surface area contributed by atoms with Crippen LogP contribution in [0, 0.1) is 0 Å². The zero-order valence-electron chi connectivity index (χ0n) is 11.8. The number of ether oxygens (including phenoxy) is 1. The van der Waals surface area contributed by atoms with E-state index in [0.29, 0.717) is 10.5 Å². The highest BCUT2D eigenvalue weighted by Gasteiger charge is 2.21. The summed E-state index contributed by atoms with van der Waals surface area (Å²) in [7, 11) is 1.69. The summed E-state index contributed by atoms with van der Waals surface area (Å²) in [6.07, 6.45) is 2.17. The van der Waals surface area contributed by atoms with Crippen molar-refractivity contribution in [1.82, 2.24) is 0 Å². The lowest BCUT2D eigenvalue weighted by Crippen LogP contribution is -2.26. The normalized spacial score (nSPS) is 16.1. The molecule has 102 valence electrons. The molecule has 0 aliphatic rings. The van der Waals surface area contributed by atoms with Crippen molar-refractivity contribution in [2.24, 2.45) is 5.73 Å². The lowest BCUT2D eigenvalue weighted by atomic mass is 10.0. The summed E-state index contributed by atoms with van der Waals surface area (Å²) < 4.78 is 5.20. The Labute approximate surface area is 115 Å². The van der Waals surface area contributed by atoms with Gasteiger partial charge in [0.05, 0.1) is 7.11 Å². The van der Waals surface area contributed by atoms with Gasteiger partial charge in [-0.1, -0.05) is 32.9 Å². The zero-order chi connectivity index (χ0) is 13.5. The van der Waals surface area contributed by atoms with E-state index < -0.39 is 0 Å². The van der Waals surface area contributed by atoms with Gasteiger partial charge in [0, 0.05) is 16.5 Å². The number of nitrogens with two attached hydrogens (primary N) is 1. The molecule has 0 bridgehead atoms. The zero-order valence-corrected chi connectivity index (χ0v) is 12.7. The van der Waals surface area contributed by atoms with Gasteiger partial charge in [-0.25, -0.2) is 0 Å². The summed E-state index contributed by atoms with van der Waals surface area (Å²) in [6, 6.07) is 8.50. The van der Waals surface area contributed by atoms with Crippen molar-refractivity contribution in [3.05, 3.63) is 29.8 Å². The first-order chi connectivity index (χ1) is 8.62. The average molecular weight is 267 g/mol. The monoisotopic (exact) mass is 267 g/mol. The highest BCUT2D eigenvalue weighted by molar-refractivity contribution is 8.00. The molecule has 0 saturated carbocycles. The first-order valence-corrected chi connectivity index (χ1v) is 7.61. The van der Waals surface area contributed by atoms with Crippen molar-refractivity contribution in [1.29, 1.82) is 0 Å². The van der Waals surface area contributed by atoms with Gasteiger partial charge in [0.2, 0.25) is 0 Å². The van der Waals surface area contributed by atoms with Gasteiger partial charge in [-0.05, 0) is 30.5 Å². The Balaban J connectivity index is 2.86. The molecule has 1 aromatic carbocycles. The fourth-order valence-corrected chi connectivity index (χ4v) is 3.18. The van der Waals surface area contributed by atoms with E-state index in [0.717, 1.165) is 12.2 Å². The SMILES string of the molecule is CCC(C)SC(c1ccc(OC)cc1)C(N)CC. The molecule has 2 nitrogen and oxygen atoms in total. The van der Waals surface area contributed by atoms with Gasteiger partial charge in [0.25, 0.3) is 0 Å². The van der Waals surface area contributed by atoms with Crippen molar-refractivity contribution < 1.29 is 4.74 Å². The second-order valence-corrected chi connectivity index (χ2v) is 6.21. The number of rotatable bonds is 7. The maximum atomic E-state index is 6.27. The van der Waals surface area contributed by atoms with Gasteiger partial charge in [0.15, 0.2) is 0 Å². The van der Waals surface area contributed by atoms with E-state index in [1.165, 1.54) is 12.0 Å². The third-order valence-electron chi connectivity index (χ3n) is 3.26. The van der Waals surface area contributed by atoms with Gasteiger partial charge in [-0.3, -0.25) is 0 Å². The summed E-state index contributed by atoms with van der Waals surface area (Å²) in [4.78, 5) is 0. The largest absolute Gasteiger partial charge is 0.497 e. The van der Waals surface area contributed by atoms with E-state index in [1.807, 2.05) is 23.9 Å². The lowest BCUT2D eigenvalue weighted by Gasteiger charge is -2.25. The van der Waals surface area contributed by atoms with Crippen molar-refractivity contribution in [3.63, 3.8) is 0 Å². The quantitative estimate of drug-likeness (QED) is 0.811. The Morgan fingerprint density at radius 2 is 1.78 bits per heavy atom. The van der Waals surface area contributed by atoms with E-state index >= 15 is 0 Å². The fourth-order valence-electron chi connectivity index (χ4n) is 1.78. The fraction of sp³-hybridized carbons (Fsp3) is 0.600. The van der Waals surface area contributed by atoms with Crippen molar-refractivity contribution in [2.45, 2.75) is 50.2 Å². The summed E-state index contributed by atoms with van der Waals surface area (Å²) >= 11 is 1.98. The molecule has 0 spiro atoms. The molecule has 3 atom stereocenters. The van der Waals surface area contributed by atoms with Crippen LogP contribution in [0.1, 0.15) is 44.4 Å². The van der Waals surface area contributed by atoms with Crippen molar-refractivity contribution in [2.75, 3.05) is 7.11 Å². The molecule has 18 heavy (non-hydrogen) atoms. The van der Waals surface area contributed by atoms with Gasteiger partial charge in [0.1, 0.15) is 5.75 Å². The summed E-state index contributed by atoms with van der Waals surface area (Å²) in [5.74, 6) is 0.899. The van der Waals surface area contributed by atoms with Crippen LogP contribution in [0.25, 0.3) is 0 Å². The predicted octanol–water partition coefficient (Wildman–Crippen LogP) is 4.01. The molecule has 0 fully saturated rings. The minimum Gasteiger partial charge on any atom is -0.497 e. The molecule has 0 amide bonds. The van der Waals surface area contributed by atoms with Crippen LogP contribution in [0.2, 0.25) is 0 Å². The molecule has 0 aliphatic heterocycles. The highest BCUT2D eigenvalue weighted by atomic mass is 32.2. The predicted molar refractivity (Wildman–Crippen MR) is 81.3 cm³/mol. The van der Waals surface area contributed by atoms with Gasteiger partial charge >= 0.3 is 0 Å². The third-order valence-corrected chi connectivity index (χ3v) is 4.97. The van der Waals surface area contributed by atoms with Gasteiger partial charge in [-0.2, -0.15) is 0 Å². The van der Waals surface area contributed by atoms with E-state index in [2.05, 4.69) is 32.9 Å². The first-order valence-electron chi connectivity index (χ1n) is 6.67. The van der Waals surface area contributed by atoms with E-state index in [1.54, 1.807) is 7.11 Å². The molecular formula is C15H25NOS. The molecule has 0 aromatic heterocycles. The van der Waals surface area contributed by atoms with Crippen LogP contribution in [0.5, 0.6) is 5.75 Å². The van der Waals surface area contributed by atoms with Crippen LogP contribution >= 0.6 is 11.8 Å². The molecule has 0 saturated heterocycles. The Morgan fingerprint density at radius 1 is 1.17 bits per heavy atom. The summed E-state index contributed by atoms with van der Waals surface area (Å²) in [5.41, 5.74) is 7.57. The number of methoxy groups -OCH3 is 1. The summed E-state index contributed by atoms with van der Waals surface area (Å²) in [6.45, 7) is 6.64. The average Bonchev–Trinajstić information content (AvgIpc) is 2.43. The van der Waals surface area contributed by atoms with E-state index in [4.69, 9.17) is 10.5 Å². The van der Waals surface area contributed by atoms with Crippen LogP contribution in [0.3, 0.4) is 0 Å². The maximum absolute atomic E-state index is 6.27. The Bertz CT molecular complexity index is 339. The van der Waals surface area contributed by atoms with Gasteiger partial charge < -0.3 is 10.5 Å². The summed E-state index contributed by atoms with van der Waals surface area (Å²) in [5, 5.41) is 1.01. The number of hydrogen-bond donors (Lipinski definition) is 1. The van der Waals surface area contributed by atoms with Crippen LogP contribution in [-0.2, 0) is 0 Å². The first kappa shape index (κ1) is 15.4. The molecule has 0 radical (unpaired) electrons. The molecule has 1 aromatic rings. The van der Waals surface area contributed by atoms with Crippen LogP contribution < -0.4 is 10.5 Å². The van der Waals surface area contributed by atoms with E-state index in [9.17, 15) is 0 Å². The second kappa shape index (κ2) is 7.70. The Morgan fingerprint density at radius 3 is 2.22 bits per heavy atom. The van der Waals surface area contributed by atoms with Crippen molar-refractivity contribution in [3.8, 4) is 5.75 Å². The minimum atomic E-state index is 0.206. The van der Waals surface area contributed by atoms with Crippen LogP contribution in [0.4, 0.5) is 0 Å².